The molecule has 4 rings (SSSR count). The molecule has 0 saturated heterocycles. The molecule has 0 aliphatic rings. The van der Waals surface area contributed by atoms with E-state index in [1.807, 2.05) is 51.1 Å². The number of fused-ring (bicyclic) bond motifs is 1. The minimum atomic E-state index is -1.63. The molecule has 1 atom stereocenters. The quantitative estimate of drug-likeness (QED) is 0.233. The number of aromatic nitrogens is 2. The Morgan fingerprint density at radius 2 is 1.71 bits per heavy atom. The van der Waals surface area contributed by atoms with Gasteiger partial charge in [0.2, 0.25) is 0 Å². The van der Waals surface area contributed by atoms with Crippen LogP contribution in [0.3, 0.4) is 0 Å². The van der Waals surface area contributed by atoms with Crippen molar-refractivity contribution >= 4 is 50.6 Å². The van der Waals surface area contributed by atoms with E-state index in [1.165, 1.54) is 11.3 Å². The predicted molar refractivity (Wildman–Crippen MR) is 159 cm³/mol. The van der Waals surface area contributed by atoms with Gasteiger partial charge in [-0.25, -0.2) is 14.0 Å². The smallest absolute Gasteiger partial charge is 0.331 e. The molecular weight excluding hydrogens is 518 g/mol. The van der Waals surface area contributed by atoms with Crippen molar-refractivity contribution in [1.29, 1.82) is 0 Å². The largest absolute Gasteiger partial charge is 0.385 e. The molecule has 0 aliphatic carbocycles. The number of thiophene rings is 1. The zero-order chi connectivity index (χ0) is 27.7. The van der Waals surface area contributed by atoms with Gasteiger partial charge in [-0.1, -0.05) is 19.1 Å². The summed E-state index contributed by atoms with van der Waals surface area (Å²) >= 11 is 1.37. The second kappa shape index (κ2) is 13.7. The van der Waals surface area contributed by atoms with E-state index in [4.69, 9.17) is 0 Å². The SMILES string of the molecule is C/C=C/C.CCCNc1ccc2c(=O)n(-c3ccc(NC(=O)NS(=O)c4ccc(C)s4)cc3)c(C)nc2c1. The van der Waals surface area contributed by atoms with E-state index in [2.05, 4.69) is 27.3 Å². The molecule has 4 aromatic rings. The Hall–Kier alpha value is -3.76. The third kappa shape index (κ3) is 7.39. The minimum absolute atomic E-state index is 0.162. The van der Waals surface area contributed by atoms with Crippen LogP contribution in [0.15, 0.2) is 75.8 Å². The standard InChI is InChI=1S/C24H25N5O3S2.C4H8/c1-4-13-25-18-8-11-20-21(14-18)26-16(3)29(23(20)30)19-9-6-17(7-10-19)27-24(31)28-34(32)22-12-5-15(2)33-22;1-3-4-2/h5-12,14,25H,4,13H2,1-3H3,(H2,27,28,31);3-4H,1-2H3/b;4-3+. The molecule has 200 valence electrons. The number of nitrogens with one attached hydrogen (secondary N) is 3. The summed E-state index contributed by atoms with van der Waals surface area (Å²) in [5.41, 5.74) is 2.55. The lowest BCUT2D eigenvalue weighted by Gasteiger charge is -2.13. The number of rotatable bonds is 7. The second-order valence-corrected chi connectivity index (χ2v) is 11.1. The molecule has 10 heteroatoms. The van der Waals surface area contributed by atoms with Crippen molar-refractivity contribution in [2.75, 3.05) is 17.2 Å². The van der Waals surface area contributed by atoms with Gasteiger partial charge in [-0.2, -0.15) is 0 Å². The maximum absolute atomic E-state index is 13.2. The summed E-state index contributed by atoms with van der Waals surface area (Å²) in [6, 6.07) is 15.4. The van der Waals surface area contributed by atoms with Gasteiger partial charge < -0.3 is 10.6 Å². The van der Waals surface area contributed by atoms with Crippen LogP contribution in [-0.4, -0.2) is 26.3 Å². The lowest BCUT2D eigenvalue weighted by molar-refractivity contribution is 0.257. The van der Waals surface area contributed by atoms with Crippen LogP contribution in [0, 0.1) is 13.8 Å². The van der Waals surface area contributed by atoms with Crippen molar-refractivity contribution < 1.29 is 9.00 Å². The summed E-state index contributed by atoms with van der Waals surface area (Å²) in [6.45, 7) is 10.6. The maximum atomic E-state index is 13.2. The van der Waals surface area contributed by atoms with Gasteiger partial charge in [-0.05, 0) is 88.7 Å². The van der Waals surface area contributed by atoms with E-state index >= 15 is 0 Å². The molecule has 38 heavy (non-hydrogen) atoms. The third-order valence-electron chi connectivity index (χ3n) is 5.42. The number of aryl methyl sites for hydroxylation is 2. The van der Waals surface area contributed by atoms with E-state index in [1.54, 1.807) is 47.9 Å². The van der Waals surface area contributed by atoms with Crippen LogP contribution in [0.2, 0.25) is 0 Å². The summed E-state index contributed by atoms with van der Waals surface area (Å²) in [5, 5.41) is 6.50. The van der Waals surface area contributed by atoms with Crippen LogP contribution in [0.4, 0.5) is 16.2 Å². The Morgan fingerprint density at radius 3 is 2.32 bits per heavy atom. The number of carbonyl (C=O) groups excluding carboxylic acids is 1. The zero-order valence-corrected chi connectivity index (χ0v) is 23.8. The lowest BCUT2D eigenvalue weighted by atomic mass is 10.2. The first-order chi connectivity index (χ1) is 18.3. The Labute approximate surface area is 229 Å². The van der Waals surface area contributed by atoms with Crippen LogP contribution in [-0.2, 0) is 11.0 Å². The Morgan fingerprint density at radius 1 is 1.03 bits per heavy atom. The number of allylic oxidation sites excluding steroid dienone is 2. The van der Waals surface area contributed by atoms with Gasteiger partial charge in [0.25, 0.3) is 5.56 Å². The van der Waals surface area contributed by atoms with Gasteiger partial charge >= 0.3 is 6.03 Å². The number of hydrogen-bond acceptors (Lipinski definition) is 6. The van der Waals surface area contributed by atoms with Gasteiger partial charge in [-0.3, -0.25) is 14.1 Å². The highest BCUT2D eigenvalue weighted by Gasteiger charge is 2.13. The fourth-order valence-corrected chi connectivity index (χ4v) is 5.40. The predicted octanol–water partition coefficient (Wildman–Crippen LogP) is 6.31. The van der Waals surface area contributed by atoms with E-state index < -0.39 is 17.0 Å². The van der Waals surface area contributed by atoms with Crippen LogP contribution in [0.5, 0.6) is 0 Å². The van der Waals surface area contributed by atoms with Crippen LogP contribution < -0.4 is 20.9 Å². The van der Waals surface area contributed by atoms with Gasteiger partial charge in [0, 0.05) is 22.8 Å². The fraction of sp³-hybridized carbons (Fsp3) is 0.250. The summed E-state index contributed by atoms with van der Waals surface area (Å²) in [5.74, 6) is 0.560. The first-order valence-electron chi connectivity index (χ1n) is 12.3. The van der Waals surface area contributed by atoms with Gasteiger partial charge in [-0.15, -0.1) is 11.3 Å². The molecule has 0 radical (unpaired) electrons. The highest BCUT2D eigenvalue weighted by molar-refractivity contribution is 7.86. The number of urea groups is 1. The van der Waals surface area contributed by atoms with Crippen LogP contribution >= 0.6 is 11.3 Å². The second-order valence-electron chi connectivity index (χ2n) is 8.36. The third-order valence-corrected chi connectivity index (χ3v) is 7.79. The Balaban J connectivity index is 0.000000934. The number of amides is 2. The molecule has 2 amide bonds. The number of hydrogen-bond donors (Lipinski definition) is 3. The maximum Gasteiger partial charge on any atom is 0.331 e. The van der Waals surface area contributed by atoms with E-state index in [0.717, 1.165) is 23.5 Å². The first-order valence-corrected chi connectivity index (χ1v) is 14.2. The van der Waals surface area contributed by atoms with E-state index in [0.29, 0.717) is 32.3 Å². The highest BCUT2D eigenvalue weighted by Crippen LogP contribution is 2.20. The van der Waals surface area contributed by atoms with E-state index in [9.17, 15) is 13.8 Å². The zero-order valence-electron chi connectivity index (χ0n) is 22.2. The lowest BCUT2D eigenvalue weighted by Crippen LogP contribution is -2.30. The molecule has 2 aromatic carbocycles. The highest BCUT2D eigenvalue weighted by atomic mass is 32.2. The number of nitrogens with zero attached hydrogens (tertiary/aromatic N) is 2. The van der Waals surface area contributed by atoms with Crippen molar-refractivity contribution in [2.24, 2.45) is 0 Å². The topological polar surface area (TPSA) is 105 Å². The summed E-state index contributed by atoms with van der Waals surface area (Å²) in [6.07, 6.45) is 5.00. The van der Waals surface area contributed by atoms with Crippen LogP contribution in [0.1, 0.15) is 37.9 Å². The Bertz CT molecular complexity index is 1500. The number of benzene rings is 2. The van der Waals surface area contributed by atoms with Crippen molar-refractivity contribution in [1.82, 2.24) is 14.3 Å². The fourth-order valence-electron chi connectivity index (χ4n) is 3.48. The first kappa shape index (κ1) is 28.8. The molecular formula is C28H33N5O3S2. The van der Waals surface area contributed by atoms with E-state index in [-0.39, 0.29) is 5.56 Å². The summed E-state index contributed by atoms with van der Waals surface area (Å²) < 4.78 is 16.8. The molecule has 0 saturated carbocycles. The molecule has 2 aromatic heterocycles. The monoisotopic (exact) mass is 551 g/mol. The van der Waals surface area contributed by atoms with Crippen molar-refractivity contribution in [3.05, 3.63) is 87.8 Å². The number of carbonyl (C=O) groups is 1. The Kier molecular flexibility index (Phi) is 10.4. The minimum Gasteiger partial charge on any atom is -0.385 e. The van der Waals surface area contributed by atoms with Gasteiger partial charge in [0.15, 0.2) is 11.0 Å². The van der Waals surface area contributed by atoms with Crippen molar-refractivity contribution in [3.63, 3.8) is 0 Å². The molecule has 2 heterocycles. The summed E-state index contributed by atoms with van der Waals surface area (Å²) in [4.78, 5) is 31.1. The molecule has 1 unspecified atom stereocenters. The molecule has 0 aliphatic heterocycles. The average molecular weight is 552 g/mol. The number of anilines is 2. The molecule has 0 bridgehead atoms. The van der Waals surface area contributed by atoms with Crippen LogP contribution in [0.25, 0.3) is 16.6 Å². The van der Waals surface area contributed by atoms with Gasteiger partial charge in [0.05, 0.1) is 16.6 Å². The molecule has 3 N–H and O–H groups in total. The molecule has 0 spiro atoms. The van der Waals surface area contributed by atoms with Gasteiger partial charge in [0.1, 0.15) is 10.0 Å². The average Bonchev–Trinajstić information content (AvgIpc) is 3.34. The van der Waals surface area contributed by atoms with Crippen molar-refractivity contribution in [2.45, 2.75) is 45.2 Å². The van der Waals surface area contributed by atoms with Crippen molar-refractivity contribution in [3.8, 4) is 5.69 Å². The normalized spacial score (nSPS) is 11.6. The molecule has 0 fully saturated rings. The molecule has 8 nitrogen and oxygen atoms in total. The summed E-state index contributed by atoms with van der Waals surface area (Å²) in [7, 11) is -1.63.